The standard InChI is InChI=1S/C16H26N4O3S.2ClH/c1-3-11-20(14-6-9-17-10-7-14)16(21)13-19(2)24(22,23)15-5-4-8-18-12-15;;/h4-5,8,12,14,17H,3,6-7,9-11,13H2,1-2H3;2*1H. The molecule has 1 fully saturated rings. The summed E-state index contributed by atoms with van der Waals surface area (Å²) in [5.74, 6) is -0.140. The molecule has 2 rings (SSSR count). The molecule has 1 aliphatic heterocycles. The van der Waals surface area contributed by atoms with Crippen molar-refractivity contribution in [2.45, 2.75) is 37.1 Å². The molecule has 0 radical (unpaired) electrons. The van der Waals surface area contributed by atoms with Gasteiger partial charge in [0, 0.05) is 32.0 Å². The predicted molar refractivity (Wildman–Crippen MR) is 106 cm³/mol. The van der Waals surface area contributed by atoms with Gasteiger partial charge in [0.15, 0.2) is 0 Å². The number of piperidine rings is 1. The first kappa shape index (κ1) is 25.1. The second-order valence-corrected chi connectivity index (χ2v) is 8.06. The van der Waals surface area contributed by atoms with Crippen LogP contribution >= 0.6 is 24.8 Å². The number of pyridine rings is 1. The molecule has 0 aromatic carbocycles. The number of likely N-dealkylation sites (N-methyl/N-ethyl adjacent to an activating group) is 1. The van der Waals surface area contributed by atoms with Gasteiger partial charge in [-0.15, -0.1) is 24.8 Å². The van der Waals surface area contributed by atoms with Crippen LogP contribution in [0.5, 0.6) is 0 Å². The number of amides is 1. The Labute approximate surface area is 168 Å². The molecule has 0 atom stereocenters. The Balaban J connectivity index is 0.00000312. The maximum Gasteiger partial charge on any atom is 0.244 e. The average Bonchev–Trinajstić information content (AvgIpc) is 2.61. The first-order chi connectivity index (χ1) is 11.5. The highest BCUT2D eigenvalue weighted by molar-refractivity contribution is 7.89. The van der Waals surface area contributed by atoms with Crippen LogP contribution in [0.2, 0.25) is 0 Å². The van der Waals surface area contributed by atoms with Gasteiger partial charge in [0.1, 0.15) is 4.90 Å². The number of carbonyl (C=O) groups is 1. The maximum atomic E-state index is 12.7. The molecule has 1 aromatic rings. The summed E-state index contributed by atoms with van der Waals surface area (Å²) in [7, 11) is -2.26. The molecule has 10 heteroatoms. The molecule has 0 spiro atoms. The second-order valence-electron chi connectivity index (χ2n) is 6.02. The Morgan fingerprint density at radius 2 is 1.96 bits per heavy atom. The van der Waals surface area contributed by atoms with Gasteiger partial charge in [0.05, 0.1) is 6.54 Å². The number of hydrogen-bond acceptors (Lipinski definition) is 5. The predicted octanol–water partition coefficient (Wildman–Crippen LogP) is 1.54. The molecule has 1 amide bonds. The molecular formula is C16H28Cl2N4O3S. The number of hydrogen-bond donors (Lipinski definition) is 1. The van der Waals surface area contributed by atoms with Gasteiger partial charge >= 0.3 is 0 Å². The lowest BCUT2D eigenvalue weighted by molar-refractivity contribution is -0.134. The zero-order valence-corrected chi connectivity index (χ0v) is 17.6. The molecule has 1 aromatic heterocycles. The van der Waals surface area contributed by atoms with Crippen LogP contribution in [-0.2, 0) is 14.8 Å². The fourth-order valence-electron chi connectivity index (χ4n) is 2.92. The van der Waals surface area contributed by atoms with Crippen molar-refractivity contribution >= 4 is 40.7 Å². The molecule has 1 aliphatic rings. The van der Waals surface area contributed by atoms with E-state index in [-0.39, 0.29) is 48.2 Å². The summed E-state index contributed by atoms with van der Waals surface area (Å²) in [6.07, 6.45) is 5.49. The number of nitrogens with zero attached hydrogens (tertiary/aromatic N) is 3. The Morgan fingerprint density at radius 1 is 1.31 bits per heavy atom. The molecule has 1 saturated heterocycles. The molecule has 26 heavy (non-hydrogen) atoms. The molecule has 0 bridgehead atoms. The fraction of sp³-hybridized carbons (Fsp3) is 0.625. The Bertz CT molecular complexity index is 640. The first-order valence-electron chi connectivity index (χ1n) is 8.33. The molecule has 150 valence electrons. The molecule has 1 N–H and O–H groups in total. The van der Waals surface area contributed by atoms with Crippen molar-refractivity contribution in [2.24, 2.45) is 0 Å². The number of carbonyl (C=O) groups excluding carboxylic acids is 1. The summed E-state index contributed by atoms with van der Waals surface area (Å²) in [6.45, 7) is 4.31. The highest BCUT2D eigenvalue weighted by Crippen LogP contribution is 2.16. The summed E-state index contributed by atoms with van der Waals surface area (Å²) in [6, 6.07) is 3.24. The van der Waals surface area contributed by atoms with Crippen molar-refractivity contribution in [1.82, 2.24) is 19.5 Å². The summed E-state index contributed by atoms with van der Waals surface area (Å²) >= 11 is 0. The first-order valence-corrected chi connectivity index (χ1v) is 9.77. The van der Waals surface area contributed by atoms with Gasteiger partial charge in [-0.2, -0.15) is 4.31 Å². The van der Waals surface area contributed by atoms with E-state index in [1.54, 1.807) is 6.07 Å². The Hall–Kier alpha value is -0.930. The van der Waals surface area contributed by atoms with E-state index in [1.165, 1.54) is 25.5 Å². The third kappa shape index (κ3) is 6.35. The van der Waals surface area contributed by atoms with Crippen LogP contribution in [0.3, 0.4) is 0 Å². The van der Waals surface area contributed by atoms with Crippen molar-refractivity contribution in [1.29, 1.82) is 0 Å². The monoisotopic (exact) mass is 426 g/mol. The number of sulfonamides is 1. The van der Waals surface area contributed by atoms with Crippen LogP contribution in [-0.4, -0.2) is 67.8 Å². The number of aromatic nitrogens is 1. The topological polar surface area (TPSA) is 82.6 Å². The van der Waals surface area contributed by atoms with Crippen molar-refractivity contribution in [3.63, 3.8) is 0 Å². The normalized spacial score (nSPS) is 15.0. The summed E-state index contributed by atoms with van der Waals surface area (Å²) < 4.78 is 26.2. The van der Waals surface area contributed by atoms with Crippen LogP contribution in [0.4, 0.5) is 0 Å². The third-order valence-corrected chi connectivity index (χ3v) is 6.02. The summed E-state index contributed by atoms with van der Waals surface area (Å²) in [5.41, 5.74) is 0. The van der Waals surface area contributed by atoms with Crippen LogP contribution in [0.1, 0.15) is 26.2 Å². The van der Waals surface area contributed by atoms with Crippen LogP contribution in [0.15, 0.2) is 29.4 Å². The van der Waals surface area contributed by atoms with E-state index in [0.717, 1.165) is 36.7 Å². The van der Waals surface area contributed by atoms with Gasteiger partial charge in [0.25, 0.3) is 0 Å². The quantitative estimate of drug-likeness (QED) is 0.714. The van der Waals surface area contributed by atoms with Crippen LogP contribution in [0, 0.1) is 0 Å². The molecule has 2 heterocycles. The van der Waals surface area contributed by atoms with E-state index in [4.69, 9.17) is 0 Å². The maximum absolute atomic E-state index is 12.7. The zero-order chi connectivity index (χ0) is 17.6. The van der Waals surface area contributed by atoms with Crippen molar-refractivity contribution < 1.29 is 13.2 Å². The van der Waals surface area contributed by atoms with Crippen molar-refractivity contribution in [2.75, 3.05) is 33.2 Å². The molecule has 0 unspecified atom stereocenters. The lowest BCUT2D eigenvalue weighted by Gasteiger charge is -2.35. The lowest BCUT2D eigenvalue weighted by Crippen LogP contribution is -2.49. The van der Waals surface area contributed by atoms with E-state index in [1.807, 2.05) is 11.8 Å². The smallest absolute Gasteiger partial charge is 0.244 e. The minimum atomic E-state index is -3.70. The fourth-order valence-corrected chi connectivity index (χ4v) is 4.00. The van der Waals surface area contributed by atoms with Gasteiger partial charge in [-0.3, -0.25) is 9.78 Å². The molecular weight excluding hydrogens is 399 g/mol. The van der Waals surface area contributed by atoms with Crippen LogP contribution in [0.25, 0.3) is 0 Å². The lowest BCUT2D eigenvalue weighted by atomic mass is 10.0. The van der Waals surface area contributed by atoms with Gasteiger partial charge in [-0.1, -0.05) is 6.92 Å². The molecule has 0 saturated carbocycles. The average molecular weight is 427 g/mol. The molecule has 7 nitrogen and oxygen atoms in total. The number of halogens is 2. The third-order valence-electron chi connectivity index (χ3n) is 4.23. The number of rotatable bonds is 7. The Morgan fingerprint density at radius 3 is 2.50 bits per heavy atom. The van der Waals surface area contributed by atoms with E-state index >= 15 is 0 Å². The van der Waals surface area contributed by atoms with E-state index < -0.39 is 10.0 Å². The van der Waals surface area contributed by atoms with Gasteiger partial charge in [0.2, 0.25) is 15.9 Å². The van der Waals surface area contributed by atoms with Crippen molar-refractivity contribution in [3.8, 4) is 0 Å². The largest absolute Gasteiger partial charge is 0.338 e. The van der Waals surface area contributed by atoms with E-state index in [0.29, 0.717) is 6.54 Å². The Kier molecular flexibility index (Phi) is 11.3. The highest BCUT2D eigenvalue weighted by atomic mass is 35.5. The van der Waals surface area contributed by atoms with Gasteiger partial charge in [-0.05, 0) is 44.5 Å². The summed E-state index contributed by atoms with van der Waals surface area (Å²) in [4.78, 5) is 18.5. The zero-order valence-electron chi connectivity index (χ0n) is 15.1. The van der Waals surface area contributed by atoms with E-state index in [9.17, 15) is 13.2 Å². The minimum Gasteiger partial charge on any atom is -0.338 e. The van der Waals surface area contributed by atoms with E-state index in [2.05, 4.69) is 10.3 Å². The van der Waals surface area contributed by atoms with Crippen molar-refractivity contribution in [3.05, 3.63) is 24.5 Å². The van der Waals surface area contributed by atoms with Gasteiger partial charge < -0.3 is 10.2 Å². The van der Waals surface area contributed by atoms with Gasteiger partial charge in [-0.25, -0.2) is 8.42 Å². The second kappa shape index (κ2) is 11.7. The highest BCUT2D eigenvalue weighted by Gasteiger charge is 2.29. The summed E-state index contributed by atoms with van der Waals surface area (Å²) in [5, 5.41) is 3.29. The van der Waals surface area contributed by atoms with Crippen LogP contribution < -0.4 is 5.32 Å². The number of nitrogens with one attached hydrogen (secondary N) is 1. The minimum absolute atomic E-state index is 0. The SMILES string of the molecule is CCCN(C(=O)CN(C)S(=O)(=O)c1cccnc1)C1CCNCC1.Cl.Cl. The molecule has 0 aliphatic carbocycles.